The zero-order valence-electron chi connectivity index (χ0n) is 12.4. The smallest absolute Gasteiger partial charge is 0.261 e. The number of imide groups is 1. The lowest BCUT2D eigenvalue weighted by atomic mass is 10.3. The van der Waals surface area contributed by atoms with E-state index in [-0.39, 0.29) is 35.2 Å². The third kappa shape index (κ3) is 3.34. The van der Waals surface area contributed by atoms with Crippen molar-refractivity contribution in [3.05, 3.63) is 53.0 Å². The molecule has 8 heteroatoms. The van der Waals surface area contributed by atoms with Crippen molar-refractivity contribution in [3.63, 3.8) is 0 Å². The number of anilines is 2. The molecule has 24 heavy (non-hydrogen) atoms. The molecule has 1 fully saturated rings. The molecule has 2 aromatic carbocycles. The molecule has 0 aromatic heterocycles. The molecule has 1 N–H and O–H groups in total. The molecule has 2 amide bonds. The van der Waals surface area contributed by atoms with Gasteiger partial charge in [-0.1, -0.05) is 28.1 Å². The minimum absolute atomic E-state index is 0.0209. The number of nitrogens with one attached hydrogen (secondary N) is 1. The van der Waals surface area contributed by atoms with Gasteiger partial charge in [-0.15, -0.1) is 0 Å². The quantitative estimate of drug-likeness (QED) is 0.788. The van der Waals surface area contributed by atoms with Gasteiger partial charge in [0, 0.05) is 23.0 Å². The van der Waals surface area contributed by atoms with Gasteiger partial charge in [-0.3, -0.25) is 19.2 Å². The Hall–Kier alpha value is -2.19. The number of benzene rings is 2. The van der Waals surface area contributed by atoms with Gasteiger partial charge in [-0.25, -0.2) is 8.42 Å². The molecule has 3 rings (SSSR count). The van der Waals surface area contributed by atoms with Gasteiger partial charge < -0.3 is 0 Å². The van der Waals surface area contributed by atoms with Crippen LogP contribution in [0.5, 0.6) is 0 Å². The molecule has 0 radical (unpaired) electrons. The molecular weight excluding hydrogens is 396 g/mol. The molecule has 1 aliphatic heterocycles. The zero-order valence-corrected chi connectivity index (χ0v) is 14.8. The van der Waals surface area contributed by atoms with Crippen molar-refractivity contribution in [2.24, 2.45) is 0 Å². The highest BCUT2D eigenvalue weighted by Crippen LogP contribution is 2.26. The van der Waals surface area contributed by atoms with Crippen LogP contribution in [0.2, 0.25) is 0 Å². The van der Waals surface area contributed by atoms with Crippen LogP contribution >= 0.6 is 15.9 Å². The van der Waals surface area contributed by atoms with Gasteiger partial charge in [-0.05, 0) is 36.4 Å². The summed E-state index contributed by atoms with van der Waals surface area (Å²) in [5, 5.41) is 0. The maximum atomic E-state index is 12.5. The van der Waals surface area contributed by atoms with E-state index >= 15 is 0 Å². The second kappa shape index (κ2) is 6.37. The number of hydrogen-bond acceptors (Lipinski definition) is 4. The fraction of sp³-hybridized carbons (Fsp3) is 0.125. The molecule has 0 saturated carbocycles. The molecule has 0 aliphatic carbocycles. The molecule has 0 unspecified atom stereocenters. The molecule has 1 heterocycles. The van der Waals surface area contributed by atoms with Gasteiger partial charge in [-0.2, -0.15) is 0 Å². The van der Waals surface area contributed by atoms with E-state index in [9.17, 15) is 18.0 Å². The summed E-state index contributed by atoms with van der Waals surface area (Å²) in [6.45, 7) is 0. The van der Waals surface area contributed by atoms with E-state index in [0.29, 0.717) is 5.69 Å². The second-order valence-electron chi connectivity index (χ2n) is 5.24. The Bertz CT molecular complexity index is 911. The summed E-state index contributed by atoms with van der Waals surface area (Å²) in [6, 6.07) is 12.5. The Morgan fingerprint density at radius 1 is 0.958 bits per heavy atom. The molecule has 6 nitrogen and oxygen atoms in total. The van der Waals surface area contributed by atoms with E-state index in [1.54, 1.807) is 30.3 Å². The van der Waals surface area contributed by atoms with Crippen molar-refractivity contribution in [1.82, 2.24) is 0 Å². The maximum Gasteiger partial charge on any atom is 0.261 e. The van der Waals surface area contributed by atoms with Crippen molar-refractivity contribution < 1.29 is 18.0 Å². The lowest BCUT2D eigenvalue weighted by Gasteiger charge is -2.15. The lowest BCUT2D eigenvalue weighted by Crippen LogP contribution is -2.28. The minimum atomic E-state index is -3.84. The molecule has 0 bridgehead atoms. The summed E-state index contributed by atoms with van der Waals surface area (Å²) >= 11 is 3.28. The minimum Gasteiger partial charge on any atom is -0.280 e. The predicted molar refractivity (Wildman–Crippen MR) is 93.1 cm³/mol. The fourth-order valence-corrected chi connectivity index (χ4v) is 3.91. The number of rotatable bonds is 4. The van der Waals surface area contributed by atoms with Crippen molar-refractivity contribution in [1.29, 1.82) is 0 Å². The summed E-state index contributed by atoms with van der Waals surface area (Å²) < 4.78 is 28.3. The van der Waals surface area contributed by atoms with Crippen molar-refractivity contribution >= 4 is 49.1 Å². The average molecular weight is 409 g/mol. The van der Waals surface area contributed by atoms with Crippen molar-refractivity contribution in [3.8, 4) is 0 Å². The Morgan fingerprint density at radius 2 is 1.62 bits per heavy atom. The molecule has 124 valence electrons. The summed E-state index contributed by atoms with van der Waals surface area (Å²) in [4.78, 5) is 24.6. The predicted octanol–water partition coefficient (Wildman–Crippen LogP) is 2.90. The molecule has 0 spiro atoms. The molecule has 2 aromatic rings. The highest BCUT2D eigenvalue weighted by Gasteiger charge is 2.31. The van der Waals surface area contributed by atoms with E-state index in [0.717, 1.165) is 9.37 Å². The first-order valence-electron chi connectivity index (χ1n) is 7.11. The molecule has 1 saturated heterocycles. The Kier molecular flexibility index (Phi) is 4.42. The van der Waals surface area contributed by atoms with Crippen LogP contribution in [-0.4, -0.2) is 20.2 Å². The third-order valence-corrected chi connectivity index (χ3v) is 5.39. The average Bonchev–Trinajstić information content (AvgIpc) is 2.86. The van der Waals surface area contributed by atoms with Crippen LogP contribution in [0.1, 0.15) is 12.8 Å². The van der Waals surface area contributed by atoms with Gasteiger partial charge in [0.25, 0.3) is 10.0 Å². The van der Waals surface area contributed by atoms with Crippen molar-refractivity contribution in [2.75, 3.05) is 9.62 Å². The maximum absolute atomic E-state index is 12.5. The second-order valence-corrected chi connectivity index (χ2v) is 7.83. The molecule has 0 atom stereocenters. The lowest BCUT2D eigenvalue weighted by molar-refractivity contribution is -0.121. The Labute approximate surface area is 147 Å². The number of carbonyl (C=O) groups is 2. The Morgan fingerprint density at radius 3 is 2.29 bits per heavy atom. The van der Waals surface area contributed by atoms with Crippen LogP contribution in [0.25, 0.3) is 0 Å². The topological polar surface area (TPSA) is 83.6 Å². The van der Waals surface area contributed by atoms with Gasteiger partial charge in [0.1, 0.15) is 0 Å². The normalized spacial score (nSPS) is 15.0. The fourth-order valence-electron chi connectivity index (χ4n) is 2.42. The van der Waals surface area contributed by atoms with Crippen LogP contribution in [0.15, 0.2) is 57.9 Å². The van der Waals surface area contributed by atoms with Gasteiger partial charge in [0.05, 0.1) is 10.6 Å². The van der Waals surface area contributed by atoms with Crippen LogP contribution in [0, 0.1) is 0 Å². The standard InChI is InChI=1S/C16H13BrN2O4S/c17-11-3-1-4-12(9-11)18-24(22,23)14-6-2-5-13(10-14)19-15(20)7-8-16(19)21/h1-6,9-10,18H,7-8H2. The number of halogens is 1. The zero-order chi connectivity index (χ0) is 17.3. The van der Waals surface area contributed by atoms with Crippen molar-refractivity contribution in [2.45, 2.75) is 17.7 Å². The van der Waals surface area contributed by atoms with Gasteiger partial charge >= 0.3 is 0 Å². The van der Waals surface area contributed by atoms with Gasteiger partial charge in [0.15, 0.2) is 0 Å². The van der Waals surface area contributed by atoms with Crippen LogP contribution in [0.3, 0.4) is 0 Å². The number of amides is 2. The number of hydrogen-bond donors (Lipinski definition) is 1. The monoisotopic (exact) mass is 408 g/mol. The summed E-state index contributed by atoms with van der Waals surface area (Å²) in [5.41, 5.74) is 0.669. The first-order valence-corrected chi connectivity index (χ1v) is 9.39. The van der Waals surface area contributed by atoms with E-state index in [1.807, 2.05) is 0 Å². The highest BCUT2D eigenvalue weighted by molar-refractivity contribution is 9.10. The van der Waals surface area contributed by atoms with Crippen LogP contribution < -0.4 is 9.62 Å². The SMILES string of the molecule is O=C1CCC(=O)N1c1cccc(S(=O)(=O)Nc2cccc(Br)c2)c1. The van der Waals surface area contributed by atoms with E-state index < -0.39 is 10.0 Å². The molecular formula is C16H13BrN2O4S. The van der Waals surface area contributed by atoms with E-state index in [2.05, 4.69) is 20.7 Å². The third-order valence-electron chi connectivity index (χ3n) is 3.51. The first-order chi connectivity index (χ1) is 11.4. The number of carbonyl (C=O) groups excluding carboxylic acids is 2. The number of nitrogens with zero attached hydrogens (tertiary/aromatic N) is 1. The number of sulfonamides is 1. The Balaban J connectivity index is 1.93. The van der Waals surface area contributed by atoms with E-state index in [4.69, 9.17) is 0 Å². The highest BCUT2D eigenvalue weighted by atomic mass is 79.9. The summed E-state index contributed by atoms with van der Waals surface area (Å²) in [6.07, 6.45) is 0.290. The molecule has 1 aliphatic rings. The first kappa shape index (κ1) is 16.7. The summed E-state index contributed by atoms with van der Waals surface area (Å²) in [5.74, 6) is -0.649. The van der Waals surface area contributed by atoms with Crippen LogP contribution in [-0.2, 0) is 19.6 Å². The van der Waals surface area contributed by atoms with Gasteiger partial charge in [0.2, 0.25) is 11.8 Å². The largest absolute Gasteiger partial charge is 0.280 e. The van der Waals surface area contributed by atoms with Crippen LogP contribution in [0.4, 0.5) is 11.4 Å². The summed E-state index contributed by atoms with van der Waals surface area (Å²) in [7, 11) is -3.84. The van der Waals surface area contributed by atoms with E-state index in [1.165, 1.54) is 18.2 Å².